The predicted octanol–water partition coefficient (Wildman–Crippen LogP) is 3.84. The Balaban J connectivity index is 0.00000264. The molecule has 0 saturated carbocycles. The van der Waals surface area contributed by atoms with Crippen molar-refractivity contribution in [3.8, 4) is 0 Å². The molecule has 1 aromatic carbocycles. The molecule has 0 saturated heterocycles. The Morgan fingerprint density at radius 3 is 2.57 bits per heavy atom. The third-order valence-corrected chi connectivity index (χ3v) is 5.13. The van der Waals surface area contributed by atoms with Crippen molar-refractivity contribution >= 4 is 53.0 Å². The fraction of sp³-hybridized carbons (Fsp3) is 0.375. The maximum absolute atomic E-state index is 4.44. The number of aromatic nitrogens is 1. The standard InChI is InChI=1S/C16H22N4S2.HI/c1-12-15(22-13(2)20-12)11-19-16(17-3)18-9-10-21-14-7-5-4-6-8-14;/h4-8H,9-11H2,1-3H3,(H2,17,18,19);1H. The van der Waals surface area contributed by atoms with Gasteiger partial charge in [0.1, 0.15) is 0 Å². The Morgan fingerprint density at radius 2 is 1.96 bits per heavy atom. The zero-order valence-electron chi connectivity index (χ0n) is 13.6. The molecule has 4 nitrogen and oxygen atoms in total. The maximum atomic E-state index is 4.44. The highest BCUT2D eigenvalue weighted by molar-refractivity contribution is 14.0. The molecule has 0 unspecified atom stereocenters. The summed E-state index contributed by atoms with van der Waals surface area (Å²) in [6, 6.07) is 10.4. The van der Waals surface area contributed by atoms with E-state index in [9.17, 15) is 0 Å². The maximum Gasteiger partial charge on any atom is 0.191 e. The summed E-state index contributed by atoms with van der Waals surface area (Å²) in [6.07, 6.45) is 0. The summed E-state index contributed by atoms with van der Waals surface area (Å²) in [5, 5.41) is 7.78. The third-order valence-electron chi connectivity index (χ3n) is 3.05. The van der Waals surface area contributed by atoms with E-state index in [0.29, 0.717) is 0 Å². The molecule has 1 heterocycles. The molecule has 23 heavy (non-hydrogen) atoms. The molecular formula is C16H23IN4S2. The monoisotopic (exact) mass is 462 g/mol. The molecule has 0 fully saturated rings. The first-order valence-electron chi connectivity index (χ1n) is 7.24. The van der Waals surface area contributed by atoms with Crippen molar-refractivity contribution in [2.45, 2.75) is 25.3 Å². The van der Waals surface area contributed by atoms with E-state index >= 15 is 0 Å². The van der Waals surface area contributed by atoms with Gasteiger partial charge in [-0.1, -0.05) is 18.2 Å². The molecule has 2 rings (SSSR count). The van der Waals surface area contributed by atoms with Gasteiger partial charge in [0.05, 0.1) is 17.2 Å². The smallest absolute Gasteiger partial charge is 0.191 e. The number of guanidine groups is 1. The molecule has 2 aromatic rings. The summed E-state index contributed by atoms with van der Waals surface area (Å²) in [6.45, 7) is 5.73. The van der Waals surface area contributed by atoms with E-state index in [1.54, 1.807) is 18.4 Å². The zero-order chi connectivity index (χ0) is 15.8. The van der Waals surface area contributed by atoms with Crippen molar-refractivity contribution in [2.75, 3.05) is 19.3 Å². The molecule has 0 bridgehead atoms. The molecule has 0 aliphatic carbocycles. The van der Waals surface area contributed by atoms with Crippen LogP contribution in [-0.2, 0) is 6.54 Å². The van der Waals surface area contributed by atoms with Crippen LogP contribution in [0.15, 0.2) is 40.2 Å². The Morgan fingerprint density at radius 1 is 1.22 bits per heavy atom. The fourth-order valence-electron chi connectivity index (χ4n) is 1.98. The quantitative estimate of drug-likeness (QED) is 0.225. The van der Waals surface area contributed by atoms with E-state index < -0.39 is 0 Å². The summed E-state index contributed by atoms with van der Waals surface area (Å²) < 4.78 is 0. The van der Waals surface area contributed by atoms with Gasteiger partial charge in [-0.15, -0.1) is 47.1 Å². The van der Waals surface area contributed by atoms with Crippen LogP contribution in [0.2, 0.25) is 0 Å². The van der Waals surface area contributed by atoms with Crippen molar-refractivity contribution in [1.29, 1.82) is 0 Å². The zero-order valence-corrected chi connectivity index (χ0v) is 17.6. The van der Waals surface area contributed by atoms with Crippen LogP contribution in [-0.4, -0.2) is 30.3 Å². The van der Waals surface area contributed by atoms with Gasteiger partial charge in [-0.2, -0.15) is 0 Å². The number of rotatable bonds is 6. The van der Waals surface area contributed by atoms with E-state index in [-0.39, 0.29) is 24.0 Å². The van der Waals surface area contributed by atoms with Gasteiger partial charge < -0.3 is 10.6 Å². The lowest BCUT2D eigenvalue weighted by molar-refractivity contribution is 0.835. The van der Waals surface area contributed by atoms with Crippen LogP contribution >= 0.6 is 47.1 Å². The molecule has 2 N–H and O–H groups in total. The Labute approximate surface area is 163 Å². The second kappa shape index (κ2) is 10.9. The van der Waals surface area contributed by atoms with Crippen molar-refractivity contribution < 1.29 is 0 Å². The van der Waals surface area contributed by atoms with Crippen molar-refractivity contribution in [3.05, 3.63) is 45.9 Å². The number of thiazole rings is 1. The molecular weight excluding hydrogens is 439 g/mol. The second-order valence-corrected chi connectivity index (χ2v) is 7.21. The van der Waals surface area contributed by atoms with Crippen molar-refractivity contribution in [3.63, 3.8) is 0 Å². The van der Waals surface area contributed by atoms with Crippen LogP contribution in [0.4, 0.5) is 0 Å². The minimum Gasteiger partial charge on any atom is -0.356 e. The van der Waals surface area contributed by atoms with Crippen molar-refractivity contribution in [2.24, 2.45) is 4.99 Å². The summed E-state index contributed by atoms with van der Waals surface area (Å²) in [5.74, 6) is 1.84. The molecule has 0 aliphatic heterocycles. The Hall–Kier alpha value is -0.800. The number of halogens is 1. The van der Waals surface area contributed by atoms with Crippen LogP contribution in [0.3, 0.4) is 0 Å². The van der Waals surface area contributed by atoms with Gasteiger partial charge in [-0.05, 0) is 26.0 Å². The van der Waals surface area contributed by atoms with E-state index in [2.05, 4.69) is 44.9 Å². The topological polar surface area (TPSA) is 49.3 Å². The first kappa shape index (κ1) is 20.2. The van der Waals surface area contributed by atoms with Gasteiger partial charge >= 0.3 is 0 Å². The molecule has 0 aliphatic rings. The van der Waals surface area contributed by atoms with Crippen LogP contribution in [0.1, 0.15) is 15.6 Å². The number of hydrogen-bond acceptors (Lipinski definition) is 4. The number of nitrogens with one attached hydrogen (secondary N) is 2. The minimum atomic E-state index is 0. The van der Waals surface area contributed by atoms with E-state index in [4.69, 9.17) is 0 Å². The number of thioether (sulfide) groups is 1. The van der Waals surface area contributed by atoms with Gasteiger partial charge in [-0.25, -0.2) is 4.98 Å². The van der Waals surface area contributed by atoms with Gasteiger partial charge in [0.25, 0.3) is 0 Å². The van der Waals surface area contributed by atoms with Gasteiger partial charge in [0.2, 0.25) is 0 Å². The molecule has 0 radical (unpaired) electrons. The average molecular weight is 462 g/mol. The van der Waals surface area contributed by atoms with E-state index in [0.717, 1.165) is 35.5 Å². The lowest BCUT2D eigenvalue weighted by atomic mass is 10.4. The predicted molar refractivity (Wildman–Crippen MR) is 112 cm³/mol. The average Bonchev–Trinajstić information content (AvgIpc) is 2.85. The summed E-state index contributed by atoms with van der Waals surface area (Å²) in [5.41, 5.74) is 1.10. The molecule has 126 valence electrons. The highest BCUT2D eigenvalue weighted by Crippen LogP contribution is 2.17. The van der Waals surface area contributed by atoms with Crippen LogP contribution in [0.5, 0.6) is 0 Å². The normalized spacial score (nSPS) is 11.0. The summed E-state index contributed by atoms with van der Waals surface area (Å²) >= 11 is 3.57. The van der Waals surface area contributed by atoms with E-state index in [1.807, 2.05) is 31.7 Å². The Kier molecular flexibility index (Phi) is 9.57. The van der Waals surface area contributed by atoms with Gasteiger partial charge in [0.15, 0.2) is 5.96 Å². The van der Waals surface area contributed by atoms with Gasteiger partial charge in [0, 0.05) is 29.1 Å². The second-order valence-electron chi connectivity index (χ2n) is 4.76. The highest BCUT2D eigenvalue weighted by atomic mass is 127. The fourth-order valence-corrected chi connectivity index (χ4v) is 3.64. The number of aryl methyl sites for hydroxylation is 2. The highest BCUT2D eigenvalue weighted by Gasteiger charge is 2.05. The number of nitrogens with zero attached hydrogens (tertiary/aromatic N) is 2. The SMILES string of the molecule is CN=C(NCCSc1ccccc1)NCc1sc(C)nc1C.I. The lowest BCUT2D eigenvalue weighted by Gasteiger charge is -2.11. The van der Waals surface area contributed by atoms with Crippen LogP contribution in [0.25, 0.3) is 0 Å². The first-order chi connectivity index (χ1) is 10.7. The third kappa shape index (κ3) is 7.09. The molecule has 0 amide bonds. The van der Waals surface area contributed by atoms with Crippen LogP contribution < -0.4 is 10.6 Å². The largest absolute Gasteiger partial charge is 0.356 e. The van der Waals surface area contributed by atoms with E-state index in [1.165, 1.54) is 9.77 Å². The number of benzene rings is 1. The first-order valence-corrected chi connectivity index (χ1v) is 9.04. The molecule has 0 spiro atoms. The summed E-state index contributed by atoms with van der Waals surface area (Å²) in [4.78, 5) is 11.2. The molecule has 0 atom stereocenters. The summed E-state index contributed by atoms with van der Waals surface area (Å²) in [7, 11) is 1.80. The van der Waals surface area contributed by atoms with Crippen LogP contribution in [0, 0.1) is 13.8 Å². The number of hydrogen-bond donors (Lipinski definition) is 2. The molecule has 7 heteroatoms. The lowest BCUT2D eigenvalue weighted by Crippen LogP contribution is -2.37. The number of aliphatic imine (C=N–C) groups is 1. The van der Waals surface area contributed by atoms with Crippen molar-refractivity contribution in [1.82, 2.24) is 15.6 Å². The Bertz CT molecular complexity index is 614. The minimum absolute atomic E-state index is 0. The van der Waals surface area contributed by atoms with Gasteiger partial charge in [-0.3, -0.25) is 4.99 Å². The molecule has 1 aromatic heterocycles.